The van der Waals surface area contributed by atoms with E-state index >= 15 is 0 Å². The molecule has 0 fully saturated rings. The fourth-order valence-electron chi connectivity index (χ4n) is 1.40. The van der Waals surface area contributed by atoms with Gasteiger partial charge in [0.1, 0.15) is 17.7 Å². The summed E-state index contributed by atoms with van der Waals surface area (Å²) < 4.78 is 15.0. The molecule has 0 aliphatic rings. The summed E-state index contributed by atoms with van der Waals surface area (Å²) in [6.07, 6.45) is 1.36. The molecule has 0 saturated carbocycles. The summed E-state index contributed by atoms with van der Waals surface area (Å²) in [5.41, 5.74) is 0.382. The number of benzene rings is 1. The third-order valence-electron chi connectivity index (χ3n) is 2.33. The molecule has 1 aromatic carbocycles. The molecule has 0 aromatic heterocycles. The molecule has 0 aliphatic carbocycles. The van der Waals surface area contributed by atoms with Crippen molar-refractivity contribution < 1.29 is 19.0 Å². The number of ether oxygens (including phenoxy) is 3. The van der Waals surface area contributed by atoms with E-state index in [1.54, 1.807) is 30.3 Å². The van der Waals surface area contributed by atoms with Crippen molar-refractivity contribution in [3.8, 4) is 23.6 Å². The van der Waals surface area contributed by atoms with Crippen molar-refractivity contribution in [3.63, 3.8) is 0 Å². The number of esters is 1. The summed E-state index contributed by atoms with van der Waals surface area (Å²) in [7, 11) is 2.70. The van der Waals surface area contributed by atoms with Gasteiger partial charge < -0.3 is 14.2 Å². The average Bonchev–Trinajstić information content (AvgIpc) is 2.50. The first kappa shape index (κ1) is 15.1. The van der Waals surface area contributed by atoms with Crippen LogP contribution in [-0.4, -0.2) is 26.8 Å². The Labute approximate surface area is 116 Å². The Kier molecular flexibility index (Phi) is 5.61. The summed E-state index contributed by atoms with van der Waals surface area (Å²) in [5, 5.41) is 17.5. The molecule has 1 rings (SSSR count). The lowest BCUT2D eigenvalue weighted by Gasteiger charge is -2.12. The zero-order valence-corrected chi connectivity index (χ0v) is 11.0. The average molecular weight is 272 g/mol. The van der Waals surface area contributed by atoms with Gasteiger partial charge in [0.15, 0.2) is 18.1 Å². The first-order valence-electron chi connectivity index (χ1n) is 5.54. The first-order chi connectivity index (χ1) is 9.65. The standard InChI is InChI=1S/C14H12N2O4/c1-18-12-5-3-4-11(6-10(7-15)8-16)14(12)20-9-13(17)19-2/h3-6H,9H2,1-2H3. The van der Waals surface area contributed by atoms with Crippen LogP contribution in [0.5, 0.6) is 11.5 Å². The Hall–Kier alpha value is -2.99. The maximum Gasteiger partial charge on any atom is 0.343 e. The minimum atomic E-state index is -0.549. The van der Waals surface area contributed by atoms with Crippen molar-refractivity contribution in [1.82, 2.24) is 0 Å². The van der Waals surface area contributed by atoms with E-state index in [4.69, 9.17) is 20.0 Å². The van der Waals surface area contributed by atoms with Gasteiger partial charge in [0.2, 0.25) is 0 Å². The molecule has 0 heterocycles. The first-order valence-corrected chi connectivity index (χ1v) is 5.54. The minimum Gasteiger partial charge on any atom is -0.493 e. The molecule has 6 heteroatoms. The van der Waals surface area contributed by atoms with Crippen molar-refractivity contribution in [1.29, 1.82) is 10.5 Å². The smallest absolute Gasteiger partial charge is 0.343 e. The van der Waals surface area contributed by atoms with Crippen molar-refractivity contribution in [2.45, 2.75) is 0 Å². The number of allylic oxidation sites excluding steroid dienone is 1. The highest BCUT2D eigenvalue weighted by atomic mass is 16.6. The fraction of sp³-hybridized carbons (Fsp3) is 0.214. The number of hydrogen-bond donors (Lipinski definition) is 0. The van der Waals surface area contributed by atoms with E-state index in [1.165, 1.54) is 20.3 Å². The van der Waals surface area contributed by atoms with Crippen LogP contribution < -0.4 is 9.47 Å². The summed E-state index contributed by atoms with van der Waals surface area (Å²) >= 11 is 0. The number of nitrogens with zero attached hydrogens (tertiary/aromatic N) is 2. The van der Waals surface area contributed by atoms with Crippen molar-refractivity contribution in [2.24, 2.45) is 0 Å². The van der Waals surface area contributed by atoms with Crippen LogP contribution in [0.15, 0.2) is 23.8 Å². The van der Waals surface area contributed by atoms with Gasteiger partial charge in [0.05, 0.1) is 14.2 Å². The van der Waals surface area contributed by atoms with Crippen LogP contribution in [0.25, 0.3) is 6.08 Å². The molecule has 0 amide bonds. The molecule has 0 radical (unpaired) electrons. The zero-order chi connectivity index (χ0) is 15.0. The molecule has 0 bridgehead atoms. The van der Waals surface area contributed by atoms with Gasteiger partial charge >= 0.3 is 5.97 Å². The zero-order valence-electron chi connectivity index (χ0n) is 11.0. The Morgan fingerprint density at radius 3 is 2.55 bits per heavy atom. The number of carbonyl (C=O) groups is 1. The second kappa shape index (κ2) is 7.45. The highest BCUT2D eigenvalue weighted by Gasteiger charge is 2.12. The monoisotopic (exact) mass is 272 g/mol. The molecule has 0 unspecified atom stereocenters. The Morgan fingerprint density at radius 1 is 1.30 bits per heavy atom. The van der Waals surface area contributed by atoms with E-state index < -0.39 is 5.97 Å². The molecule has 1 aromatic rings. The predicted molar refractivity (Wildman–Crippen MR) is 69.7 cm³/mol. The quantitative estimate of drug-likeness (QED) is 0.598. The Bertz CT molecular complexity index is 593. The predicted octanol–water partition coefficient (Wildman–Crippen LogP) is 1.68. The van der Waals surface area contributed by atoms with E-state index in [0.717, 1.165) is 0 Å². The van der Waals surface area contributed by atoms with Crippen LogP contribution >= 0.6 is 0 Å². The van der Waals surface area contributed by atoms with Crippen LogP contribution in [0.2, 0.25) is 0 Å². The van der Waals surface area contributed by atoms with Crippen LogP contribution in [-0.2, 0) is 9.53 Å². The van der Waals surface area contributed by atoms with Gasteiger partial charge in [-0.1, -0.05) is 12.1 Å². The van der Waals surface area contributed by atoms with Crippen molar-refractivity contribution >= 4 is 12.0 Å². The molecule has 102 valence electrons. The van der Waals surface area contributed by atoms with Crippen LogP contribution in [0.3, 0.4) is 0 Å². The normalized spacial score (nSPS) is 8.80. The second-order valence-corrected chi connectivity index (χ2v) is 3.53. The maximum atomic E-state index is 11.1. The number of hydrogen-bond acceptors (Lipinski definition) is 6. The Balaban J connectivity index is 3.18. The number of rotatable bonds is 5. The molecule has 20 heavy (non-hydrogen) atoms. The number of nitriles is 2. The second-order valence-electron chi connectivity index (χ2n) is 3.53. The van der Waals surface area contributed by atoms with Gasteiger partial charge in [0, 0.05) is 5.56 Å². The molecule has 0 N–H and O–H groups in total. The van der Waals surface area contributed by atoms with E-state index in [0.29, 0.717) is 11.3 Å². The molecule has 0 spiro atoms. The molecular formula is C14H12N2O4. The van der Waals surface area contributed by atoms with Crippen molar-refractivity contribution in [3.05, 3.63) is 29.3 Å². The van der Waals surface area contributed by atoms with E-state index in [2.05, 4.69) is 4.74 Å². The number of methoxy groups -OCH3 is 2. The third-order valence-corrected chi connectivity index (χ3v) is 2.33. The van der Waals surface area contributed by atoms with Gasteiger partial charge in [-0.05, 0) is 12.1 Å². The Morgan fingerprint density at radius 2 is 2.00 bits per heavy atom. The van der Waals surface area contributed by atoms with Gasteiger partial charge in [-0.15, -0.1) is 0 Å². The van der Waals surface area contributed by atoms with Crippen molar-refractivity contribution in [2.75, 3.05) is 20.8 Å². The van der Waals surface area contributed by atoms with Crippen LogP contribution in [0.4, 0.5) is 0 Å². The summed E-state index contributed by atoms with van der Waals surface area (Å²) in [5.74, 6) is 0.105. The summed E-state index contributed by atoms with van der Waals surface area (Å²) in [6.45, 7) is -0.299. The largest absolute Gasteiger partial charge is 0.493 e. The third kappa shape index (κ3) is 3.76. The van der Waals surface area contributed by atoms with E-state index in [9.17, 15) is 4.79 Å². The minimum absolute atomic E-state index is 0.0822. The number of para-hydroxylation sites is 1. The lowest BCUT2D eigenvalue weighted by molar-refractivity contribution is -0.142. The lowest BCUT2D eigenvalue weighted by atomic mass is 10.1. The van der Waals surface area contributed by atoms with Crippen LogP contribution in [0.1, 0.15) is 5.56 Å². The molecule has 0 saturated heterocycles. The van der Waals surface area contributed by atoms with Gasteiger partial charge in [-0.2, -0.15) is 10.5 Å². The molecule has 6 nitrogen and oxygen atoms in total. The molecule has 0 atom stereocenters. The highest BCUT2D eigenvalue weighted by Crippen LogP contribution is 2.32. The molecular weight excluding hydrogens is 260 g/mol. The van der Waals surface area contributed by atoms with Gasteiger partial charge in [0.25, 0.3) is 0 Å². The van der Waals surface area contributed by atoms with Gasteiger partial charge in [-0.3, -0.25) is 0 Å². The lowest BCUT2D eigenvalue weighted by Crippen LogP contribution is -2.13. The van der Waals surface area contributed by atoms with E-state index in [-0.39, 0.29) is 17.9 Å². The molecule has 0 aliphatic heterocycles. The number of carbonyl (C=O) groups excluding carboxylic acids is 1. The fourth-order valence-corrected chi connectivity index (χ4v) is 1.40. The summed E-state index contributed by atoms with van der Waals surface area (Å²) in [4.78, 5) is 11.1. The van der Waals surface area contributed by atoms with Crippen LogP contribution in [0, 0.1) is 22.7 Å². The summed E-state index contributed by atoms with van der Waals surface area (Å²) in [6, 6.07) is 8.47. The maximum absolute atomic E-state index is 11.1. The topological polar surface area (TPSA) is 92.3 Å². The SMILES string of the molecule is COC(=O)COc1c(C=C(C#N)C#N)cccc1OC. The van der Waals surface area contributed by atoms with Gasteiger partial charge in [-0.25, -0.2) is 4.79 Å². The van der Waals surface area contributed by atoms with E-state index in [1.807, 2.05) is 0 Å². The highest BCUT2D eigenvalue weighted by molar-refractivity contribution is 5.73.